The number of amides is 1. The Morgan fingerprint density at radius 2 is 1.88 bits per heavy atom. The summed E-state index contributed by atoms with van der Waals surface area (Å²) in [7, 11) is 0. The third kappa shape index (κ3) is 3.05. The Kier molecular flexibility index (Phi) is 4.49. The van der Waals surface area contributed by atoms with Crippen molar-refractivity contribution in [1.29, 1.82) is 0 Å². The molecule has 2 fully saturated rings. The van der Waals surface area contributed by atoms with Gasteiger partial charge in [-0.3, -0.25) is 9.78 Å². The van der Waals surface area contributed by atoms with Crippen LogP contribution in [0.2, 0.25) is 0 Å². The number of piperidine rings is 1. The summed E-state index contributed by atoms with van der Waals surface area (Å²) in [6.45, 7) is 5.13. The number of hydrogen-bond donors (Lipinski definition) is 0. The van der Waals surface area contributed by atoms with Crippen molar-refractivity contribution < 1.29 is 4.79 Å². The first kappa shape index (κ1) is 16.6. The molecule has 2 atom stereocenters. The number of carbonyl (C=O) groups excluding carboxylic acids is 1. The number of carbonyl (C=O) groups is 1. The normalized spacial score (nSPS) is 23.5. The van der Waals surface area contributed by atoms with Gasteiger partial charge in [0.1, 0.15) is 0 Å². The molecule has 0 radical (unpaired) electrons. The molecular weight excluding hydrogens is 308 g/mol. The number of fused-ring (bicyclic) bond motifs is 2. The van der Waals surface area contributed by atoms with Gasteiger partial charge in [0.2, 0.25) is 5.91 Å². The summed E-state index contributed by atoms with van der Waals surface area (Å²) in [6, 6.07) is 8.73. The molecule has 2 aromatic rings. The van der Waals surface area contributed by atoms with Gasteiger partial charge in [-0.1, -0.05) is 31.0 Å². The molecule has 25 heavy (non-hydrogen) atoms. The third-order valence-electron chi connectivity index (χ3n) is 6.38. The zero-order valence-corrected chi connectivity index (χ0v) is 15.4. The molecule has 1 aromatic heterocycles. The Balaban J connectivity index is 1.61. The van der Waals surface area contributed by atoms with E-state index >= 15 is 0 Å². The van der Waals surface area contributed by atoms with Gasteiger partial charge in [-0.15, -0.1) is 0 Å². The molecule has 3 nitrogen and oxygen atoms in total. The molecule has 1 saturated heterocycles. The van der Waals surface area contributed by atoms with Gasteiger partial charge in [0.25, 0.3) is 0 Å². The van der Waals surface area contributed by atoms with Gasteiger partial charge in [0.05, 0.1) is 11.9 Å². The molecule has 132 valence electrons. The average molecular weight is 336 g/mol. The molecule has 0 spiro atoms. The van der Waals surface area contributed by atoms with Gasteiger partial charge < -0.3 is 4.90 Å². The van der Waals surface area contributed by atoms with Gasteiger partial charge in [0, 0.05) is 23.7 Å². The fourth-order valence-corrected chi connectivity index (χ4v) is 5.02. The number of hydrogen-bond acceptors (Lipinski definition) is 2. The number of benzene rings is 1. The van der Waals surface area contributed by atoms with Crippen molar-refractivity contribution >= 4 is 16.8 Å². The first-order valence-corrected chi connectivity index (χ1v) is 9.79. The number of nitrogens with zero attached hydrogens (tertiary/aromatic N) is 2. The minimum absolute atomic E-state index is 0.305. The Morgan fingerprint density at radius 1 is 1.12 bits per heavy atom. The first-order chi connectivity index (χ1) is 12.1. The molecular formula is C22H28N2O. The number of rotatable bonds is 2. The van der Waals surface area contributed by atoms with Crippen LogP contribution in [0, 0.1) is 19.8 Å². The summed E-state index contributed by atoms with van der Waals surface area (Å²) in [5.74, 6) is 1.04. The SMILES string of the molecule is Cc1nc2ccccc2c(C)c1CC(=O)N1CCCC2CCCCC21. The van der Waals surface area contributed by atoms with Crippen LogP contribution in [0.1, 0.15) is 55.3 Å². The van der Waals surface area contributed by atoms with Crippen molar-refractivity contribution in [2.24, 2.45) is 5.92 Å². The molecule has 1 saturated carbocycles. The van der Waals surface area contributed by atoms with Crippen LogP contribution < -0.4 is 0 Å². The van der Waals surface area contributed by atoms with Crippen molar-refractivity contribution in [2.75, 3.05) is 6.54 Å². The predicted molar refractivity (Wildman–Crippen MR) is 102 cm³/mol. The number of aromatic nitrogens is 1. The molecule has 1 aliphatic heterocycles. The highest BCUT2D eigenvalue weighted by atomic mass is 16.2. The van der Waals surface area contributed by atoms with Crippen LogP contribution in [0.25, 0.3) is 10.9 Å². The second kappa shape index (κ2) is 6.78. The summed E-state index contributed by atoms with van der Waals surface area (Å²) in [5.41, 5.74) is 4.37. The maximum absolute atomic E-state index is 13.2. The van der Waals surface area contributed by atoms with E-state index in [1.807, 2.05) is 13.0 Å². The van der Waals surface area contributed by atoms with Gasteiger partial charge >= 0.3 is 0 Å². The fraction of sp³-hybridized carbons (Fsp3) is 0.545. The van der Waals surface area contributed by atoms with Crippen LogP contribution in [-0.4, -0.2) is 28.4 Å². The Bertz CT molecular complexity index is 796. The molecule has 2 unspecified atom stereocenters. The van der Waals surface area contributed by atoms with Crippen LogP contribution in [-0.2, 0) is 11.2 Å². The third-order valence-corrected chi connectivity index (χ3v) is 6.38. The van der Waals surface area contributed by atoms with Crippen molar-refractivity contribution in [3.63, 3.8) is 0 Å². The standard InChI is InChI=1S/C22H28N2O/c1-15-18-10-4-5-11-20(18)23-16(2)19(15)14-22(25)24-13-7-9-17-8-3-6-12-21(17)24/h4-5,10-11,17,21H,3,6-9,12-14H2,1-2H3. The largest absolute Gasteiger partial charge is 0.339 e. The maximum atomic E-state index is 13.2. The predicted octanol–water partition coefficient (Wildman–Crippen LogP) is 4.58. The minimum atomic E-state index is 0.305. The van der Waals surface area contributed by atoms with E-state index in [2.05, 4.69) is 30.0 Å². The first-order valence-electron chi connectivity index (χ1n) is 9.79. The van der Waals surface area contributed by atoms with Crippen LogP contribution in [0.15, 0.2) is 24.3 Å². The molecule has 1 aliphatic carbocycles. The molecule has 1 amide bonds. The van der Waals surface area contributed by atoms with Gasteiger partial charge in [-0.2, -0.15) is 0 Å². The summed E-state index contributed by atoms with van der Waals surface area (Å²) in [6.07, 6.45) is 8.11. The highest BCUT2D eigenvalue weighted by molar-refractivity contribution is 5.86. The summed E-state index contributed by atoms with van der Waals surface area (Å²) >= 11 is 0. The van der Waals surface area contributed by atoms with Crippen molar-refractivity contribution in [3.8, 4) is 0 Å². The molecule has 2 heterocycles. The van der Waals surface area contributed by atoms with E-state index in [1.165, 1.54) is 49.5 Å². The maximum Gasteiger partial charge on any atom is 0.227 e. The number of pyridine rings is 1. The van der Waals surface area contributed by atoms with Crippen molar-refractivity contribution in [3.05, 3.63) is 41.1 Å². The van der Waals surface area contributed by atoms with Crippen LogP contribution >= 0.6 is 0 Å². The number of likely N-dealkylation sites (tertiary alicyclic amines) is 1. The Hall–Kier alpha value is -1.90. The van der Waals surface area contributed by atoms with Crippen molar-refractivity contribution in [1.82, 2.24) is 9.88 Å². The van der Waals surface area contributed by atoms with Crippen LogP contribution in [0.5, 0.6) is 0 Å². The summed E-state index contributed by atoms with van der Waals surface area (Å²) in [5, 5.41) is 1.17. The van der Waals surface area contributed by atoms with E-state index in [0.717, 1.165) is 29.2 Å². The zero-order chi connectivity index (χ0) is 17.4. The minimum Gasteiger partial charge on any atom is -0.339 e. The topological polar surface area (TPSA) is 33.2 Å². The second-order valence-electron chi connectivity index (χ2n) is 7.84. The van der Waals surface area contributed by atoms with E-state index in [0.29, 0.717) is 18.4 Å². The lowest BCUT2D eigenvalue weighted by atomic mass is 9.78. The van der Waals surface area contributed by atoms with Gasteiger partial charge in [-0.25, -0.2) is 0 Å². The molecule has 0 N–H and O–H groups in total. The summed E-state index contributed by atoms with van der Waals surface area (Å²) in [4.78, 5) is 20.1. The lowest BCUT2D eigenvalue weighted by molar-refractivity contribution is -0.136. The highest BCUT2D eigenvalue weighted by Gasteiger charge is 2.35. The number of aryl methyl sites for hydroxylation is 2. The van der Waals surface area contributed by atoms with E-state index in [9.17, 15) is 4.79 Å². The Labute approximate surface area is 150 Å². The monoisotopic (exact) mass is 336 g/mol. The summed E-state index contributed by atoms with van der Waals surface area (Å²) < 4.78 is 0. The lowest BCUT2D eigenvalue weighted by Crippen LogP contribution is -2.50. The second-order valence-corrected chi connectivity index (χ2v) is 7.84. The van der Waals surface area contributed by atoms with E-state index in [-0.39, 0.29) is 0 Å². The van der Waals surface area contributed by atoms with E-state index in [1.54, 1.807) is 0 Å². The molecule has 4 rings (SSSR count). The van der Waals surface area contributed by atoms with E-state index < -0.39 is 0 Å². The average Bonchev–Trinajstić information content (AvgIpc) is 2.64. The smallest absolute Gasteiger partial charge is 0.227 e. The molecule has 0 bridgehead atoms. The molecule has 1 aromatic carbocycles. The zero-order valence-electron chi connectivity index (χ0n) is 15.4. The quantitative estimate of drug-likeness (QED) is 0.804. The highest BCUT2D eigenvalue weighted by Crippen LogP contribution is 2.35. The number of para-hydroxylation sites is 1. The lowest BCUT2D eigenvalue weighted by Gasteiger charge is -2.44. The van der Waals surface area contributed by atoms with Crippen molar-refractivity contribution in [2.45, 2.75) is 64.8 Å². The molecule has 3 heteroatoms. The van der Waals surface area contributed by atoms with Crippen LogP contribution in [0.3, 0.4) is 0 Å². The van der Waals surface area contributed by atoms with Crippen LogP contribution in [0.4, 0.5) is 0 Å². The van der Waals surface area contributed by atoms with Gasteiger partial charge in [0.15, 0.2) is 0 Å². The fourth-order valence-electron chi connectivity index (χ4n) is 5.02. The van der Waals surface area contributed by atoms with E-state index in [4.69, 9.17) is 4.98 Å². The van der Waals surface area contributed by atoms with Gasteiger partial charge in [-0.05, 0) is 62.6 Å². The molecule has 2 aliphatic rings. The Morgan fingerprint density at radius 3 is 2.76 bits per heavy atom.